The van der Waals surface area contributed by atoms with E-state index in [9.17, 15) is 0 Å². The topological polar surface area (TPSA) is 60.1 Å². The number of rotatable bonds is 2. The summed E-state index contributed by atoms with van der Waals surface area (Å²) in [5, 5.41) is 0.569. The molecule has 102 valence electrons. The molecule has 2 aliphatic rings. The first-order valence-corrected chi connectivity index (χ1v) is 6.63. The van der Waals surface area contributed by atoms with Crippen molar-refractivity contribution >= 4 is 17.6 Å². The molecule has 0 saturated carbocycles. The van der Waals surface area contributed by atoms with Crippen molar-refractivity contribution in [3.8, 4) is 11.5 Å². The molecule has 1 atom stereocenters. The Morgan fingerprint density at radius 1 is 1.42 bits per heavy atom. The summed E-state index contributed by atoms with van der Waals surface area (Å²) in [4.78, 5) is 6.42. The molecule has 3 rings (SSSR count). The number of aliphatic imine (C=N–C) groups is 1. The SMILES string of the molecule is CC(C)N1C(N)=NCC1c1cc(Cl)c2c(c1)OCO2. The van der Waals surface area contributed by atoms with Crippen molar-refractivity contribution in [2.45, 2.75) is 25.9 Å². The predicted octanol–water partition coefficient (Wildman–Crippen LogP) is 2.15. The molecular formula is C13H16ClN3O2. The van der Waals surface area contributed by atoms with E-state index in [2.05, 4.69) is 23.7 Å². The van der Waals surface area contributed by atoms with Gasteiger partial charge in [0.25, 0.3) is 0 Å². The van der Waals surface area contributed by atoms with Gasteiger partial charge in [-0.25, -0.2) is 0 Å². The molecule has 5 nitrogen and oxygen atoms in total. The van der Waals surface area contributed by atoms with Crippen LogP contribution < -0.4 is 15.2 Å². The average molecular weight is 282 g/mol. The third-order valence-corrected chi connectivity index (χ3v) is 3.70. The Balaban J connectivity index is 1.97. The Morgan fingerprint density at radius 2 is 2.21 bits per heavy atom. The van der Waals surface area contributed by atoms with Gasteiger partial charge in [-0.05, 0) is 31.5 Å². The Kier molecular flexibility index (Phi) is 2.93. The van der Waals surface area contributed by atoms with Gasteiger partial charge >= 0.3 is 0 Å². The van der Waals surface area contributed by atoms with Gasteiger partial charge in [0.05, 0.1) is 17.6 Å². The highest BCUT2D eigenvalue weighted by Gasteiger charge is 2.31. The van der Waals surface area contributed by atoms with E-state index in [0.717, 1.165) is 5.56 Å². The van der Waals surface area contributed by atoms with Crippen LogP contribution in [0.15, 0.2) is 17.1 Å². The zero-order chi connectivity index (χ0) is 13.6. The number of guanidine groups is 1. The van der Waals surface area contributed by atoms with E-state index in [-0.39, 0.29) is 18.9 Å². The molecule has 0 spiro atoms. The van der Waals surface area contributed by atoms with Crippen molar-refractivity contribution in [1.29, 1.82) is 0 Å². The molecule has 0 bridgehead atoms. The van der Waals surface area contributed by atoms with Crippen molar-refractivity contribution in [1.82, 2.24) is 4.90 Å². The maximum atomic E-state index is 6.22. The molecule has 0 amide bonds. The second kappa shape index (κ2) is 4.49. The normalized spacial score (nSPS) is 21.2. The molecule has 0 saturated heterocycles. The summed E-state index contributed by atoms with van der Waals surface area (Å²) in [7, 11) is 0. The molecule has 0 radical (unpaired) electrons. The molecule has 0 aromatic heterocycles. The lowest BCUT2D eigenvalue weighted by molar-refractivity contribution is 0.174. The maximum Gasteiger partial charge on any atom is 0.231 e. The zero-order valence-electron chi connectivity index (χ0n) is 10.9. The fourth-order valence-electron chi connectivity index (χ4n) is 2.58. The van der Waals surface area contributed by atoms with E-state index in [1.54, 1.807) is 0 Å². The van der Waals surface area contributed by atoms with Crippen LogP contribution in [0.2, 0.25) is 5.02 Å². The third-order valence-electron chi connectivity index (χ3n) is 3.42. The van der Waals surface area contributed by atoms with Crippen LogP contribution in [-0.2, 0) is 0 Å². The zero-order valence-corrected chi connectivity index (χ0v) is 11.6. The molecule has 2 N–H and O–H groups in total. The van der Waals surface area contributed by atoms with Crippen molar-refractivity contribution in [3.05, 3.63) is 22.7 Å². The largest absolute Gasteiger partial charge is 0.454 e. The summed E-state index contributed by atoms with van der Waals surface area (Å²) in [6, 6.07) is 4.25. The van der Waals surface area contributed by atoms with Crippen molar-refractivity contribution in [2.75, 3.05) is 13.3 Å². The number of hydrogen-bond acceptors (Lipinski definition) is 5. The summed E-state index contributed by atoms with van der Waals surface area (Å²) < 4.78 is 10.7. The Labute approximate surface area is 116 Å². The van der Waals surface area contributed by atoms with Crippen LogP contribution in [0, 0.1) is 0 Å². The van der Waals surface area contributed by atoms with Crippen LogP contribution >= 0.6 is 11.6 Å². The summed E-state index contributed by atoms with van der Waals surface area (Å²) in [5.41, 5.74) is 6.99. The van der Waals surface area contributed by atoms with Gasteiger partial charge in [-0.15, -0.1) is 0 Å². The van der Waals surface area contributed by atoms with Crippen LogP contribution in [0.1, 0.15) is 25.5 Å². The van der Waals surface area contributed by atoms with Gasteiger partial charge in [-0.2, -0.15) is 0 Å². The highest BCUT2D eigenvalue weighted by Crippen LogP contribution is 2.42. The molecule has 19 heavy (non-hydrogen) atoms. The molecule has 1 aromatic carbocycles. The Bertz CT molecular complexity index is 545. The van der Waals surface area contributed by atoms with Crippen LogP contribution in [0.25, 0.3) is 0 Å². The molecule has 1 aromatic rings. The molecule has 2 aliphatic heterocycles. The van der Waals surface area contributed by atoms with Crippen molar-refractivity contribution in [2.24, 2.45) is 10.7 Å². The number of benzene rings is 1. The van der Waals surface area contributed by atoms with Gasteiger partial charge in [-0.1, -0.05) is 11.6 Å². The maximum absolute atomic E-state index is 6.22. The van der Waals surface area contributed by atoms with Crippen LogP contribution in [0.5, 0.6) is 11.5 Å². The highest BCUT2D eigenvalue weighted by atomic mass is 35.5. The highest BCUT2D eigenvalue weighted by molar-refractivity contribution is 6.32. The van der Waals surface area contributed by atoms with E-state index in [0.29, 0.717) is 29.0 Å². The summed E-state index contributed by atoms with van der Waals surface area (Å²) >= 11 is 6.22. The third kappa shape index (κ3) is 1.98. The second-order valence-corrected chi connectivity index (χ2v) is 5.36. The molecule has 1 unspecified atom stereocenters. The first kappa shape index (κ1) is 12.4. The van der Waals surface area contributed by atoms with Crippen molar-refractivity contribution in [3.63, 3.8) is 0 Å². The van der Waals surface area contributed by atoms with E-state index >= 15 is 0 Å². The van der Waals surface area contributed by atoms with Gasteiger partial charge in [0.15, 0.2) is 17.5 Å². The molecule has 2 heterocycles. The number of nitrogens with two attached hydrogens (primary N) is 1. The van der Waals surface area contributed by atoms with Crippen molar-refractivity contribution < 1.29 is 9.47 Å². The fraction of sp³-hybridized carbons (Fsp3) is 0.462. The molecule has 6 heteroatoms. The Morgan fingerprint density at radius 3 is 2.95 bits per heavy atom. The monoisotopic (exact) mass is 281 g/mol. The molecule has 0 aliphatic carbocycles. The lowest BCUT2D eigenvalue weighted by atomic mass is 10.0. The lowest BCUT2D eigenvalue weighted by Crippen LogP contribution is -2.40. The standard InChI is InChI=1S/C13H16ClN3O2/c1-7(2)17-10(5-16-13(17)15)8-3-9(14)12-11(4-8)18-6-19-12/h3-4,7,10H,5-6H2,1-2H3,(H2,15,16). The van der Waals surface area contributed by atoms with E-state index in [4.69, 9.17) is 26.8 Å². The van der Waals surface area contributed by atoms with Gasteiger partial charge in [0, 0.05) is 6.04 Å². The smallest absolute Gasteiger partial charge is 0.231 e. The number of fused-ring (bicyclic) bond motifs is 1. The minimum atomic E-state index is 0.104. The number of halogens is 1. The predicted molar refractivity (Wildman–Crippen MR) is 73.8 cm³/mol. The fourth-order valence-corrected chi connectivity index (χ4v) is 2.85. The van der Waals surface area contributed by atoms with E-state index < -0.39 is 0 Å². The first-order chi connectivity index (χ1) is 9.08. The van der Waals surface area contributed by atoms with Gasteiger partial charge in [-0.3, -0.25) is 4.99 Å². The molecule has 0 fully saturated rings. The number of hydrogen-bond donors (Lipinski definition) is 1. The molecular weight excluding hydrogens is 266 g/mol. The van der Waals surface area contributed by atoms with Gasteiger partial charge in [0.2, 0.25) is 6.79 Å². The Hall–Kier alpha value is -1.62. The number of nitrogens with zero attached hydrogens (tertiary/aromatic N) is 2. The average Bonchev–Trinajstić information content (AvgIpc) is 2.94. The van der Waals surface area contributed by atoms with E-state index in [1.165, 1.54) is 0 Å². The summed E-state index contributed by atoms with van der Waals surface area (Å²) in [6.45, 7) is 5.04. The summed E-state index contributed by atoms with van der Waals surface area (Å²) in [5.74, 6) is 1.89. The van der Waals surface area contributed by atoms with Crippen LogP contribution in [0.4, 0.5) is 0 Å². The first-order valence-electron chi connectivity index (χ1n) is 6.25. The number of ether oxygens (including phenoxy) is 2. The minimum absolute atomic E-state index is 0.104. The minimum Gasteiger partial charge on any atom is -0.454 e. The lowest BCUT2D eigenvalue weighted by Gasteiger charge is -2.30. The van der Waals surface area contributed by atoms with E-state index in [1.807, 2.05) is 12.1 Å². The van der Waals surface area contributed by atoms with Crippen LogP contribution in [0.3, 0.4) is 0 Å². The van der Waals surface area contributed by atoms with Gasteiger partial charge < -0.3 is 20.1 Å². The second-order valence-electron chi connectivity index (χ2n) is 4.95. The summed E-state index contributed by atoms with van der Waals surface area (Å²) in [6.07, 6.45) is 0. The van der Waals surface area contributed by atoms with Gasteiger partial charge in [0.1, 0.15) is 0 Å². The van der Waals surface area contributed by atoms with Crippen LogP contribution in [-0.4, -0.2) is 30.2 Å². The quantitative estimate of drug-likeness (QED) is 0.902.